The monoisotopic (exact) mass is 429 g/mol. The molecule has 27 heavy (non-hydrogen) atoms. The van der Waals surface area contributed by atoms with E-state index in [2.05, 4.69) is 35.1 Å². The number of benzene rings is 2. The second-order valence-electron chi connectivity index (χ2n) is 7.27. The standard InChI is InChI=1S/C21H24BrN3O2/c1-14(2)12-21(16-8-4-3-5-9-16)19(27)25(20(23)24-21)18(13-26)15-7-6-10-17(22)11-15/h3-11,14,18,26H,12-13H2,1-2H3,(H2,23,24)/t18-,21-/m1/s1. The van der Waals surface area contributed by atoms with E-state index in [1.807, 2.05) is 54.6 Å². The minimum absolute atomic E-state index is 0.0172. The zero-order valence-corrected chi connectivity index (χ0v) is 17.0. The van der Waals surface area contributed by atoms with Gasteiger partial charge in [0.25, 0.3) is 5.91 Å². The number of aliphatic hydroxyl groups excluding tert-OH is 1. The topological polar surface area (TPSA) is 76.4 Å². The second-order valence-corrected chi connectivity index (χ2v) is 8.19. The highest BCUT2D eigenvalue weighted by atomic mass is 79.9. The Balaban J connectivity index is 2.06. The average molecular weight is 430 g/mol. The molecule has 0 bridgehead atoms. The molecule has 1 saturated heterocycles. The Morgan fingerprint density at radius 2 is 1.89 bits per heavy atom. The maximum absolute atomic E-state index is 13.6. The van der Waals surface area contributed by atoms with Gasteiger partial charge in [-0.05, 0) is 35.6 Å². The van der Waals surface area contributed by atoms with Crippen LogP contribution in [0.15, 0.2) is 59.1 Å². The molecule has 3 rings (SSSR count). The van der Waals surface area contributed by atoms with Crippen LogP contribution in [0.4, 0.5) is 0 Å². The molecule has 1 aliphatic rings. The molecule has 1 aliphatic heterocycles. The van der Waals surface area contributed by atoms with E-state index in [1.165, 1.54) is 4.90 Å². The molecule has 1 heterocycles. The number of halogens is 1. The summed E-state index contributed by atoms with van der Waals surface area (Å²) in [6.07, 6.45) is 0.561. The summed E-state index contributed by atoms with van der Waals surface area (Å²) in [7, 11) is 0. The van der Waals surface area contributed by atoms with Crippen LogP contribution in [0.2, 0.25) is 0 Å². The molecule has 0 saturated carbocycles. The Morgan fingerprint density at radius 3 is 2.48 bits per heavy atom. The van der Waals surface area contributed by atoms with Crippen LogP contribution in [0, 0.1) is 11.3 Å². The molecule has 0 radical (unpaired) electrons. The molecule has 2 aromatic rings. The molecular formula is C21H24BrN3O2. The van der Waals surface area contributed by atoms with Gasteiger partial charge in [-0.1, -0.05) is 72.2 Å². The molecule has 1 amide bonds. The molecule has 0 aliphatic carbocycles. The minimum atomic E-state index is -0.994. The van der Waals surface area contributed by atoms with Crippen LogP contribution < -0.4 is 5.32 Å². The van der Waals surface area contributed by atoms with E-state index in [1.54, 1.807) is 0 Å². The predicted octanol–water partition coefficient (Wildman–Crippen LogP) is 3.79. The Bertz CT molecular complexity index is 840. The SMILES string of the molecule is CC(C)C[C@]1(c2ccccc2)NC(=N)N([C@H](CO)c2cccc(Br)c2)C1=O. The van der Waals surface area contributed by atoms with Gasteiger partial charge in [-0.15, -0.1) is 0 Å². The van der Waals surface area contributed by atoms with Gasteiger partial charge in [-0.2, -0.15) is 0 Å². The fourth-order valence-electron chi connectivity index (χ4n) is 3.76. The number of carbonyl (C=O) groups is 1. The molecule has 0 aromatic heterocycles. The summed E-state index contributed by atoms with van der Waals surface area (Å²) in [6, 6.07) is 16.4. The highest BCUT2D eigenvalue weighted by molar-refractivity contribution is 9.10. The van der Waals surface area contributed by atoms with Gasteiger partial charge in [0.05, 0.1) is 12.6 Å². The van der Waals surface area contributed by atoms with Crippen LogP contribution in [0.5, 0.6) is 0 Å². The smallest absolute Gasteiger partial charge is 0.260 e. The lowest BCUT2D eigenvalue weighted by molar-refractivity contribution is -0.134. The first-order valence-corrected chi connectivity index (χ1v) is 9.80. The molecule has 2 atom stereocenters. The maximum Gasteiger partial charge on any atom is 0.260 e. The number of nitrogens with zero attached hydrogens (tertiary/aromatic N) is 1. The van der Waals surface area contributed by atoms with Crippen LogP contribution >= 0.6 is 15.9 Å². The summed E-state index contributed by atoms with van der Waals surface area (Å²) in [5, 5.41) is 21.7. The number of aliphatic hydroxyl groups is 1. The van der Waals surface area contributed by atoms with E-state index < -0.39 is 11.6 Å². The van der Waals surface area contributed by atoms with Crippen LogP contribution in [0.3, 0.4) is 0 Å². The number of carbonyl (C=O) groups excluding carboxylic acids is 1. The third-order valence-corrected chi connectivity index (χ3v) is 5.35. The molecule has 3 N–H and O–H groups in total. The van der Waals surface area contributed by atoms with E-state index in [0.29, 0.717) is 6.42 Å². The normalized spacial score (nSPS) is 20.9. The van der Waals surface area contributed by atoms with Gasteiger partial charge in [0.15, 0.2) is 5.96 Å². The van der Waals surface area contributed by atoms with E-state index in [9.17, 15) is 9.90 Å². The number of nitrogens with one attached hydrogen (secondary N) is 2. The first kappa shape index (κ1) is 19.6. The van der Waals surface area contributed by atoms with Crippen LogP contribution in [0.25, 0.3) is 0 Å². The van der Waals surface area contributed by atoms with Crippen molar-refractivity contribution in [2.24, 2.45) is 5.92 Å². The Kier molecular flexibility index (Phi) is 5.67. The summed E-state index contributed by atoms with van der Waals surface area (Å²) < 4.78 is 0.862. The highest BCUT2D eigenvalue weighted by Crippen LogP contribution is 2.38. The van der Waals surface area contributed by atoms with Gasteiger partial charge in [0.2, 0.25) is 0 Å². The van der Waals surface area contributed by atoms with E-state index in [0.717, 1.165) is 15.6 Å². The first-order chi connectivity index (χ1) is 12.9. The molecule has 2 aromatic carbocycles. The molecule has 1 fully saturated rings. The zero-order chi connectivity index (χ0) is 19.6. The van der Waals surface area contributed by atoms with Gasteiger partial charge < -0.3 is 10.4 Å². The lowest BCUT2D eigenvalue weighted by atomic mass is 9.82. The Labute approximate surface area is 168 Å². The van der Waals surface area contributed by atoms with Crippen molar-refractivity contribution >= 4 is 27.8 Å². The number of amides is 1. The Hall–Kier alpha value is -2.18. The molecule has 5 nitrogen and oxygen atoms in total. The van der Waals surface area contributed by atoms with Crippen molar-refractivity contribution in [2.45, 2.75) is 31.8 Å². The van der Waals surface area contributed by atoms with E-state index in [4.69, 9.17) is 5.41 Å². The van der Waals surface area contributed by atoms with Gasteiger partial charge in [0, 0.05) is 4.47 Å². The third-order valence-electron chi connectivity index (χ3n) is 4.86. The van der Waals surface area contributed by atoms with Gasteiger partial charge in [-0.3, -0.25) is 15.1 Å². The second kappa shape index (κ2) is 7.82. The lowest BCUT2D eigenvalue weighted by Crippen LogP contribution is -2.45. The largest absolute Gasteiger partial charge is 0.394 e. The summed E-state index contributed by atoms with van der Waals surface area (Å²) >= 11 is 3.44. The minimum Gasteiger partial charge on any atom is -0.394 e. The summed E-state index contributed by atoms with van der Waals surface area (Å²) in [5.74, 6) is 0.0582. The molecule has 6 heteroatoms. The van der Waals surface area contributed by atoms with Gasteiger partial charge in [0.1, 0.15) is 5.54 Å². The zero-order valence-electron chi connectivity index (χ0n) is 15.4. The van der Waals surface area contributed by atoms with Crippen molar-refractivity contribution in [1.29, 1.82) is 5.41 Å². The summed E-state index contributed by atoms with van der Waals surface area (Å²) in [4.78, 5) is 15.0. The van der Waals surface area contributed by atoms with Gasteiger partial charge >= 0.3 is 0 Å². The maximum atomic E-state index is 13.6. The van der Waals surface area contributed by atoms with Crippen molar-refractivity contribution in [3.05, 3.63) is 70.2 Å². The molecule has 0 unspecified atom stereocenters. The summed E-state index contributed by atoms with van der Waals surface area (Å²) in [5.41, 5.74) is 0.619. The van der Waals surface area contributed by atoms with Crippen LogP contribution in [0.1, 0.15) is 37.4 Å². The molecular weight excluding hydrogens is 406 g/mol. The fraction of sp³-hybridized carbons (Fsp3) is 0.333. The van der Waals surface area contributed by atoms with Crippen molar-refractivity contribution < 1.29 is 9.90 Å². The van der Waals surface area contributed by atoms with E-state index >= 15 is 0 Å². The van der Waals surface area contributed by atoms with Crippen LogP contribution in [-0.2, 0) is 10.3 Å². The highest BCUT2D eigenvalue weighted by Gasteiger charge is 2.52. The average Bonchev–Trinajstić information content (AvgIpc) is 2.88. The molecule has 0 spiro atoms. The Morgan fingerprint density at radius 1 is 1.19 bits per heavy atom. The van der Waals surface area contributed by atoms with Crippen LogP contribution in [-0.4, -0.2) is 28.5 Å². The summed E-state index contributed by atoms with van der Waals surface area (Å²) in [6.45, 7) is 3.85. The van der Waals surface area contributed by atoms with E-state index in [-0.39, 0.29) is 24.4 Å². The number of hydrogen-bond donors (Lipinski definition) is 3. The number of hydrogen-bond acceptors (Lipinski definition) is 3. The molecule has 142 valence electrons. The van der Waals surface area contributed by atoms with Crippen molar-refractivity contribution in [1.82, 2.24) is 10.2 Å². The first-order valence-electron chi connectivity index (χ1n) is 9.01. The quantitative estimate of drug-likeness (QED) is 0.653. The number of rotatable bonds is 6. The van der Waals surface area contributed by atoms with Gasteiger partial charge in [-0.25, -0.2) is 0 Å². The van der Waals surface area contributed by atoms with Crippen molar-refractivity contribution in [3.63, 3.8) is 0 Å². The fourth-order valence-corrected chi connectivity index (χ4v) is 4.17. The number of guanidine groups is 1. The predicted molar refractivity (Wildman–Crippen MR) is 109 cm³/mol. The lowest BCUT2D eigenvalue weighted by Gasteiger charge is -2.31. The van der Waals surface area contributed by atoms with Crippen molar-refractivity contribution in [2.75, 3.05) is 6.61 Å². The third kappa shape index (κ3) is 3.64. The van der Waals surface area contributed by atoms with Crippen molar-refractivity contribution in [3.8, 4) is 0 Å².